The molecule has 0 saturated heterocycles. The highest BCUT2D eigenvalue weighted by Gasteiger charge is 2.91. The molecule has 9 saturated carbocycles. The molecule has 320 valence electrons. The first-order valence-corrected chi connectivity index (χ1v) is 24.3. The third-order valence-electron chi connectivity index (χ3n) is 23.8. The standard InChI is InChI=1S/C54H57NO7/c1-19(56)55-22-8-9-23-24(10-22)28-13-27(23)41-42(28)52(5)44-30-14-29(43(44)51(41,52)4)25-11-33-34(12-26(25)30)50(60)40-36-16-35(39(40)49(33)59)47-48(36)54(7)46-32-15-31(45(46)53(47,54)6)37(17-61-20(2)57)38(32)18-62-21(3)58/h8-12,27-32,35-38,41-48H,13-18H2,1-7H3,(H,55,56)/t27-,28?,29+,30-,31+,32-,35-,36?,37-,38+,41?,42?,43?,44?,45?,46?,47?,48?,51-,52?,53+,54?/m0/s1. The highest BCUT2D eigenvalue weighted by atomic mass is 16.5. The number of ketones is 2. The minimum Gasteiger partial charge on any atom is -0.466 e. The maximum Gasteiger partial charge on any atom is 0.302 e. The van der Waals surface area contributed by atoms with E-state index in [0.29, 0.717) is 107 Å². The van der Waals surface area contributed by atoms with E-state index in [1.165, 1.54) is 42.5 Å². The molecule has 13 aliphatic carbocycles. The number of rotatable bonds is 5. The van der Waals surface area contributed by atoms with Crippen LogP contribution in [0.25, 0.3) is 0 Å². The van der Waals surface area contributed by atoms with Gasteiger partial charge in [-0.05, 0) is 189 Å². The number of allylic oxidation sites excluding steroid dienone is 2. The maximum atomic E-state index is 15.2. The van der Waals surface area contributed by atoms with E-state index in [0.717, 1.165) is 36.1 Å². The van der Waals surface area contributed by atoms with E-state index < -0.39 is 0 Å². The summed E-state index contributed by atoms with van der Waals surface area (Å²) in [4.78, 5) is 66.3. The number of esters is 2. The SMILES string of the molecule is CC(=O)Nc1ccc2c(c1)C1C[C@@H]2C2C1C1(C)C3C([C@@H]4C[C@H]3c3cc5c(cc34)C(=O)C3=C(C5=O)C4C[C@@H]3C3C4C4(C)C5C([C@@H]6C[C@H]5[C@@H](COC(C)=O)[C@H]6COC(C)=O)[C@]34C)[C@]21C. The summed E-state index contributed by atoms with van der Waals surface area (Å²) >= 11 is 0. The lowest BCUT2D eigenvalue weighted by molar-refractivity contribution is -0.376. The van der Waals surface area contributed by atoms with E-state index in [4.69, 9.17) is 9.47 Å². The Morgan fingerprint density at radius 3 is 1.35 bits per heavy atom. The van der Waals surface area contributed by atoms with E-state index in [9.17, 15) is 14.4 Å². The number of benzene rings is 2. The number of hydrogen-bond donors (Lipinski definition) is 1. The Labute approximate surface area is 363 Å². The van der Waals surface area contributed by atoms with E-state index in [-0.39, 0.29) is 74.7 Å². The molecule has 12 unspecified atom stereocenters. The minimum absolute atomic E-state index is 0.0239. The molecular weight excluding hydrogens is 775 g/mol. The molecule has 2 aromatic rings. The second-order valence-corrected chi connectivity index (χ2v) is 24.2. The summed E-state index contributed by atoms with van der Waals surface area (Å²) in [7, 11) is 0. The Bertz CT molecular complexity index is 2680. The first-order valence-electron chi connectivity index (χ1n) is 24.3. The Balaban J connectivity index is 0.754. The van der Waals surface area contributed by atoms with Crippen LogP contribution in [0.3, 0.4) is 0 Å². The van der Waals surface area contributed by atoms with Crippen LogP contribution in [0.15, 0.2) is 41.5 Å². The van der Waals surface area contributed by atoms with Gasteiger partial charge >= 0.3 is 11.9 Å². The fourth-order valence-electron chi connectivity index (χ4n) is 22.9. The predicted molar refractivity (Wildman–Crippen MR) is 227 cm³/mol. The van der Waals surface area contributed by atoms with Crippen LogP contribution in [0.5, 0.6) is 0 Å². The first kappa shape index (κ1) is 36.3. The molecule has 1 amide bonds. The average Bonchev–Trinajstić information content (AvgIpc) is 4.12. The fraction of sp³-hybridized carbons (Fsp3) is 0.648. The third-order valence-corrected chi connectivity index (χ3v) is 23.8. The lowest BCUT2D eigenvalue weighted by Crippen LogP contribution is -2.81. The molecule has 0 radical (unpaired) electrons. The van der Waals surface area contributed by atoms with Crippen LogP contribution in [0.4, 0.5) is 5.69 Å². The molecule has 15 rings (SSSR count). The highest BCUT2D eigenvalue weighted by molar-refractivity contribution is 6.28. The predicted octanol–water partition coefficient (Wildman–Crippen LogP) is 8.86. The molecule has 0 spiro atoms. The second kappa shape index (κ2) is 10.5. The number of Topliss-reactive ketones (excluding diaryl/α,β-unsaturated/α-hetero) is 2. The van der Waals surface area contributed by atoms with Crippen LogP contribution < -0.4 is 5.32 Å². The van der Waals surface area contributed by atoms with Gasteiger partial charge in [0.05, 0.1) is 13.2 Å². The molecule has 0 aromatic heterocycles. The number of anilines is 1. The molecule has 0 heterocycles. The molecule has 0 aliphatic heterocycles. The van der Waals surface area contributed by atoms with Crippen molar-refractivity contribution in [1.29, 1.82) is 0 Å². The van der Waals surface area contributed by atoms with E-state index in [1.54, 1.807) is 6.92 Å². The number of ether oxygens (including phenoxy) is 2. The van der Waals surface area contributed by atoms with Crippen LogP contribution in [-0.4, -0.2) is 42.6 Å². The number of hydrogen-bond acceptors (Lipinski definition) is 7. The first-order chi connectivity index (χ1) is 29.6. The van der Waals surface area contributed by atoms with Crippen molar-refractivity contribution in [1.82, 2.24) is 0 Å². The van der Waals surface area contributed by atoms with Crippen molar-refractivity contribution in [3.8, 4) is 0 Å². The summed E-state index contributed by atoms with van der Waals surface area (Å²) in [5.41, 5.74) is 10.4. The summed E-state index contributed by atoms with van der Waals surface area (Å²) in [6.45, 7) is 15.6. The largest absolute Gasteiger partial charge is 0.466 e. The Hall–Kier alpha value is -4.07. The van der Waals surface area contributed by atoms with Gasteiger partial charge in [0.15, 0.2) is 11.6 Å². The fourth-order valence-corrected chi connectivity index (χ4v) is 22.9. The third kappa shape index (κ3) is 3.34. The van der Waals surface area contributed by atoms with Gasteiger partial charge in [-0.3, -0.25) is 24.0 Å². The maximum absolute atomic E-state index is 15.2. The Morgan fingerprint density at radius 1 is 0.532 bits per heavy atom. The number of fused-ring (bicyclic) bond motifs is 39. The van der Waals surface area contributed by atoms with Crippen LogP contribution in [0.2, 0.25) is 0 Å². The lowest BCUT2D eigenvalue weighted by Gasteiger charge is -2.84. The zero-order chi connectivity index (χ0) is 42.4. The highest BCUT2D eigenvalue weighted by Crippen LogP contribution is 2.96. The van der Waals surface area contributed by atoms with Crippen molar-refractivity contribution < 1.29 is 33.4 Å². The van der Waals surface area contributed by atoms with Gasteiger partial charge in [-0.15, -0.1) is 0 Å². The topological polar surface area (TPSA) is 116 Å². The summed E-state index contributed by atoms with van der Waals surface area (Å²) in [6.07, 6.45) is 4.37. The van der Waals surface area contributed by atoms with Crippen LogP contribution >= 0.6 is 0 Å². The molecule has 1 N–H and O–H groups in total. The molecule has 22 atom stereocenters. The number of nitrogens with one attached hydrogen (secondary N) is 1. The second-order valence-electron chi connectivity index (χ2n) is 24.2. The smallest absolute Gasteiger partial charge is 0.302 e. The zero-order valence-corrected chi connectivity index (χ0v) is 36.9. The van der Waals surface area contributed by atoms with Gasteiger partial charge < -0.3 is 14.8 Å². The molecule has 8 heteroatoms. The molecule has 9 fully saturated rings. The van der Waals surface area contributed by atoms with Gasteiger partial charge in [0.25, 0.3) is 0 Å². The average molecular weight is 832 g/mol. The molecule has 13 aliphatic rings. The van der Waals surface area contributed by atoms with Crippen molar-refractivity contribution in [3.05, 3.63) is 74.9 Å². The van der Waals surface area contributed by atoms with Crippen LogP contribution in [-0.2, 0) is 23.9 Å². The lowest BCUT2D eigenvalue weighted by atomic mass is 9.19. The van der Waals surface area contributed by atoms with Crippen molar-refractivity contribution in [2.75, 3.05) is 18.5 Å². The van der Waals surface area contributed by atoms with Crippen molar-refractivity contribution in [2.24, 2.45) is 105 Å². The summed E-state index contributed by atoms with van der Waals surface area (Å²) in [5, 5.41) is 3.04. The van der Waals surface area contributed by atoms with Crippen molar-refractivity contribution in [2.45, 2.75) is 97.8 Å². The Kier molecular flexibility index (Phi) is 6.17. The Morgan fingerprint density at radius 2 is 0.919 bits per heavy atom. The van der Waals surface area contributed by atoms with Crippen LogP contribution in [0, 0.1) is 105 Å². The van der Waals surface area contributed by atoms with Crippen LogP contribution in [0.1, 0.15) is 141 Å². The van der Waals surface area contributed by atoms with Gasteiger partial charge in [-0.25, -0.2) is 0 Å². The van der Waals surface area contributed by atoms with Gasteiger partial charge in [0.1, 0.15) is 0 Å². The van der Waals surface area contributed by atoms with E-state index in [2.05, 4.69) is 63.3 Å². The molecule has 62 heavy (non-hydrogen) atoms. The number of carbonyl (C=O) groups excluding carboxylic acids is 5. The quantitative estimate of drug-likeness (QED) is 0.237. The van der Waals surface area contributed by atoms with Gasteiger partial charge in [-0.2, -0.15) is 0 Å². The summed E-state index contributed by atoms with van der Waals surface area (Å²) in [6, 6.07) is 11.2. The zero-order valence-electron chi connectivity index (χ0n) is 36.9. The summed E-state index contributed by atoms with van der Waals surface area (Å²) in [5.74, 6) is 7.52. The van der Waals surface area contributed by atoms with Gasteiger partial charge in [0, 0.05) is 60.6 Å². The molecule has 2 aromatic carbocycles. The number of amides is 1. The van der Waals surface area contributed by atoms with E-state index >= 15 is 9.59 Å². The van der Waals surface area contributed by atoms with Crippen molar-refractivity contribution in [3.63, 3.8) is 0 Å². The minimum atomic E-state index is -0.265. The summed E-state index contributed by atoms with van der Waals surface area (Å²) < 4.78 is 11.4. The molecule has 8 bridgehead atoms. The normalized spacial score (nSPS) is 52.4. The monoisotopic (exact) mass is 831 g/mol. The molecule has 8 nitrogen and oxygen atoms in total. The van der Waals surface area contributed by atoms with Gasteiger partial charge in [-0.1, -0.05) is 33.8 Å². The van der Waals surface area contributed by atoms with E-state index in [1.807, 2.05) is 0 Å². The van der Waals surface area contributed by atoms with Crippen molar-refractivity contribution >= 4 is 35.1 Å². The van der Waals surface area contributed by atoms with Gasteiger partial charge in [0.2, 0.25) is 5.91 Å². The molecular formula is C54H57NO7. The number of carbonyl (C=O) groups is 5.